The lowest BCUT2D eigenvalue weighted by molar-refractivity contribution is -0.203. The predicted octanol–water partition coefficient (Wildman–Crippen LogP) is 18.1. The molecule has 95 heavy (non-hydrogen) atoms. The van der Waals surface area contributed by atoms with Crippen LogP contribution >= 0.6 is 0 Å². The number of hydrogen-bond acceptors (Lipinski definition) is 10. The maximum atomic E-state index is 14.9. The van der Waals surface area contributed by atoms with Gasteiger partial charge in [0.25, 0.3) is 0 Å². The van der Waals surface area contributed by atoms with Crippen molar-refractivity contribution in [3.63, 3.8) is 0 Å². The molecule has 496 valence electrons. The van der Waals surface area contributed by atoms with Gasteiger partial charge in [0.1, 0.15) is 23.3 Å². The summed E-state index contributed by atoms with van der Waals surface area (Å²) in [7, 11) is -0.308. The lowest BCUT2D eigenvalue weighted by Gasteiger charge is -2.62. The minimum Gasteiger partial charge on any atom is -0.459 e. The van der Waals surface area contributed by atoms with E-state index < -0.39 is 56.4 Å². The van der Waals surface area contributed by atoms with Gasteiger partial charge in [-0.3, -0.25) is 19.4 Å². The van der Waals surface area contributed by atoms with E-state index in [0.29, 0.717) is 45.9 Å². The van der Waals surface area contributed by atoms with Crippen LogP contribution < -0.4 is 0 Å². The van der Waals surface area contributed by atoms with E-state index in [4.69, 9.17) is 28.3 Å². The van der Waals surface area contributed by atoms with Gasteiger partial charge in [0.15, 0.2) is 0 Å². The van der Waals surface area contributed by atoms with Gasteiger partial charge in [0, 0.05) is 23.9 Å². The van der Waals surface area contributed by atoms with E-state index in [9.17, 15) is 9.59 Å². The number of nitrogens with zero attached hydrogens (tertiary/aromatic N) is 2. The van der Waals surface area contributed by atoms with Crippen LogP contribution in [0.2, 0.25) is 6.32 Å². The van der Waals surface area contributed by atoms with Crippen molar-refractivity contribution >= 4 is 19.1 Å². The predicted molar refractivity (Wildman–Crippen MR) is 385 cm³/mol. The molecule has 0 radical (unpaired) electrons. The van der Waals surface area contributed by atoms with Gasteiger partial charge >= 0.3 is 19.1 Å². The number of benzene rings is 8. The van der Waals surface area contributed by atoms with E-state index in [1.165, 1.54) is 44.5 Å². The van der Waals surface area contributed by atoms with Crippen LogP contribution in [-0.2, 0) is 62.1 Å². The molecule has 8 aromatic carbocycles. The fraction of sp³-hybridized carbons (Fsp3) is 0.381. The van der Waals surface area contributed by atoms with Crippen LogP contribution in [0.1, 0.15) is 148 Å². The second-order valence-corrected chi connectivity index (χ2v) is 29.2. The molecule has 11 heteroatoms. The zero-order valence-electron chi connectivity index (χ0n) is 56.0. The molecule has 0 aromatic heterocycles. The highest BCUT2D eigenvalue weighted by Crippen LogP contribution is 2.63. The van der Waals surface area contributed by atoms with Crippen molar-refractivity contribution in [3.8, 4) is 22.3 Å². The first kappa shape index (κ1) is 70.1. The molecular weight excluding hydrogens is 1180 g/mol. The van der Waals surface area contributed by atoms with E-state index in [1.54, 1.807) is 0 Å². The number of carbonyl (C=O) groups excluding carboxylic acids is 2. The Hall–Kier alpha value is -7.74. The van der Waals surface area contributed by atoms with Crippen LogP contribution in [0, 0.1) is 10.8 Å². The Morgan fingerprint density at radius 3 is 1.16 bits per heavy atom. The van der Waals surface area contributed by atoms with Gasteiger partial charge in [-0.2, -0.15) is 0 Å². The van der Waals surface area contributed by atoms with Gasteiger partial charge < -0.3 is 28.3 Å². The molecule has 10 nitrogen and oxygen atoms in total. The SMILES string of the molecule is C.C.C=CC[C@]1(COCc2ccccc2)CN(C2(c3ccccc3)c3ccccc3-c3ccccc32)[C@@H]1C(=O)OC(C)(C)C.CC(C)(C)OC(=O)[C@H]1N(C2(c3ccccc3)c3ccccc3-c3ccccc32)C[C@]1(CCCB1OC(C)(C)C(C)(C)O1)COCc1ccccc1. The fourth-order valence-corrected chi connectivity index (χ4v) is 15.6. The Labute approximate surface area is 567 Å². The molecule has 0 unspecified atom stereocenters. The number of likely N-dealkylation sites (tertiary alicyclic amines) is 2. The minimum absolute atomic E-state index is 0. The van der Waals surface area contributed by atoms with E-state index in [0.717, 1.165) is 41.4 Å². The Morgan fingerprint density at radius 2 is 0.800 bits per heavy atom. The van der Waals surface area contributed by atoms with Crippen LogP contribution in [0.25, 0.3) is 22.3 Å². The lowest BCUT2D eigenvalue weighted by Crippen LogP contribution is -2.75. The van der Waals surface area contributed by atoms with Gasteiger partial charge in [-0.1, -0.05) is 246 Å². The van der Waals surface area contributed by atoms with Crippen molar-refractivity contribution in [2.45, 2.75) is 168 Å². The molecule has 13 rings (SSSR count). The van der Waals surface area contributed by atoms with E-state index in [-0.39, 0.29) is 33.9 Å². The molecule has 5 aliphatic rings. The smallest absolute Gasteiger partial charge is 0.457 e. The summed E-state index contributed by atoms with van der Waals surface area (Å²) in [6.45, 7) is 27.2. The molecule has 3 heterocycles. The molecule has 3 aliphatic heterocycles. The summed E-state index contributed by atoms with van der Waals surface area (Å²) in [6.07, 6.45) is 4.84. The summed E-state index contributed by atoms with van der Waals surface area (Å²) < 4.78 is 38.4. The Kier molecular flexibility index (Phi) is 20.5. The molecule has 4 atom stereocenters. The summed E-state index contributed by atoms with van der Waals surface area (Å²) in [5, 5.41) is 0. The number of fused-ring (bicyclic) bond motifs is 6. The maximum Gasteiger partial charge on any atom is 0.457 e. The zero-order valence-corrected chi connectivity index (χ0v) is 56.0. The second-order valence-electron chi connectivity index (χ2n) is 29.2. The maximum absolute atomic E-state index is 14.9. The van der Waals surface area contributed by atoms with Crippen molar-refractivity contribution in [3.05, 3.63) is 276 Å². The van der Waals surface area contributed by atoms with E-state index in [1.807, 2.05) is 90.1 Å². The average molecular weight is 1280 g/mol. The third kappa shape index (κ3) is 13.1. The van der Waals surface area contributed by atoms with Crippen molar-refractivity contribution in [1.29, 1.82) is 0 Å². The normalized spacial score (nSPS) is 21.5. The van der Waals surface area contributed by atoms with Gasteiger partial charge in [0.05, 0.1) is 48.7 Å². The summed E-state index contributed by atoms with van der Waals surface area (Å²) in [6, 6.07) is 75.1. The molecule has 0 saturated carbocycles. The number of allylic oxidation sites excluding steroid dienone is 1. The topological polar surface area (TPSA) is 96.0 Å². The van der Waals surface area contributed by atoms with Gasteiger partial charge in [-0.05, 0) is 155 Å². The highest BCUT2D eigenvalue weighted by Gasteiger charge is 2.68. The average Bonchev–Trinajstić information content (AvgIpc) is 1.60. The number of hydrogen-bond donors (Lipinski definition) is 0. The molecule has 3 saturated heterocycles. The van der Waals surface area contributed by atoms with E-state index in [2.05, 4.69) is 220 Å². The van der Waals surface area contributed by atoms with Crippen LogP contribution in [-0.4, -0.2) is 89.6 Å². The summed E-state index contributed by atoms with van der Waals surface area (Å²) in [4.78, 5) is 34.0. The highest BCUT2D eigenvalue weighted by atomic mass is 16.7. The Morgan fingerprint density at radius 1 is 0.484 bits per heavy atom. The standard InChI is InChI=1S/C44H52BNO5.C38H39NO3.2CH4/c1-40(2,3)49-39(47)38-43(31-48-29-32-19-10-8-11-20-32,27-18-28-45-50-41(4,5)42(6,7)51-45)30-46(38)44(33-21-12-9-13-22-33)36-25-16-14-23-34(36)35-24-15-17-26-37(35)44;1-5-24-37(27-41-25-28-16-8-6-9-17-28)26-39(34(37)35(40)42-36(2,3)4)38(29-18-10-7-11-19-29)32-22-14-12-20-30(32)31-21-13-15-23-33(31)38;;/h8-17,19-26,38H,18,27-31H2,1-7H3;5-23,34H,1,24-27H2,2-4H3;2*1H4/t38-,43-;34-,37-;;/m11../s1. The van der Waals surface area contributed by atoms with E-state index >= 15 is 0 Å². The largest absolute Gasteiger partial charge is 0.459 e. The molecule has 3 fully saturated rings. The molecule has 0 bridgehead atoms. The molecular formula is C84H99BN2O8. The first-order chi connectivity index (χ1) is 44.6. The summed E-state index contributed by atoms with van der Waals surface area (Å²) in [5.41, 5.74) is 9.52. The van der Waals surface area contributed by atoms with Crippen LogP contribution in [0.15, 0.2) is 231 Å². The Balaban J connectivity index is 0.000000206. The molecule has 2 aliphatic carbocycles. The minimum atomic E-state index is -0.704. The Bertz CT molecular complexity index is 3830. The second kappa shape index (κ2) is 27.8. The van der Waals surface area contributed by atoms with Crippen LogP contribution in [0.5, 0.6) is 0 Å². The number of ether oxygens (including phenoxy) is 4. The van der Waals surface area contributed by atoms with Gasteiger partial charge in [-0.25, -0.2) is 0 Å². The quantitative estimate of drug-likeness (QED) is 0.0417. The molecule has 0 spiro atoms. The third-order valence-electron chi connectivity index (χ3n) is 20.1. The van der Waals surface area contributed by atoms with Gasteiger partial charge in [-0.15, -0.1) is 6.58 Å². The first-order valence-corrected chi connectivity index (χ1v) is 33.3. The monoisotopic (exact) mass is 1270 g/mol. The number of carbonyl (C=O) groups is 2. The van der Waals surface area contributed by atoms with Crippen LogP contribution in [0.4, 0.5) is 0 Å². The van der Waals surface area contributed by atoms with Crippen molar-refractivity contribution in [2.24, 2.45) is 10.8 Å². The molecule has 0 N–H and O–H groups in total. The van der Waals surface area contributed by atoms with Crippen LogP contribution in [0.3, 0.4) is 0 Å². The lowest BCUT2D eigenvalue weighted by atomic mass is 9.62. The molecule has 0 amide bonds. The third-order valence-corrected chi connectivity index (χ3v) is 20.1. The first-order valence-electron chi connectivity index (χ1n) is 33.3. The number of rotatable bonds is 20. The van der Waals surface area contributed by atoms with Gasteiger partial charge in [0.2, 0.25) is 0 Å². The highest BCUT2D eigenvalue weighted by molar-refractivity contribution is 6.45. The van der Waals surface area contributed by atoms with Crippen molar-refractivity contribution in [1.82, 2.24) is 9.80 Å². The number of esters is 2. The summed E-state index contributed by atoms with van der Waals surface area (Å²) in [5.74, 6) is -0.444. The fourth-order valence-electron chi connectivity index (χ4n) is 15.6. The summed E-state index contributed by atoms with van der Waals surface area (Å²) >= 11 is 0. The zero-order chi connectivity index (χ0) is 65.4. The molecule has 8 aromatic rings. The van der Waals surface area contributed by atoms with Crippen molar-refractivity contribution < 1.29 is 37.8 Å². The van der Waals surface area contributed by atoms with Crippen molar-refractivity contribution in [2.75, 3.05) is 26.3 Å².